The van der Waals surface area contributed by atoms with Crippen molar-refractivity contribution in [2.75, 3.05) is 33.3 Å². The normalized spacial score (nSPS) is 14.7. The summed E-state index contributed by atoms with van der Waals surface area (Å²) >= 11 is 7.10. The largest absolute Gasteiger partial charge is 0.497 e. The summed E-state index contributed by atoms with van der Waals surface area (Å²) in [7, 11) is 1.63. The molecule has 0 saturated carbocycles. The minimum atomic E-state index is 0.0499. The zero-order chi connectivity index (χ0) is 21.8. The van der Waals surface area contributed by atoms with E-state index in [0.717, 1.165) is 43.1 Å². The van der Waals surface area contributed by atoms with E-state index in [2.05, 4.69) is 32.4 Å². The Labute approximate surface area is 190 Å². The Morgan fingerprint density at radius 3 is 2.61 bits per heavy atom. The molecule has 8 nitrogen and oxygen atoms in total. The highest BCUT2D eigenvalue weighted by molar-refractivity contribution is 7.71. The van der Waals surface area contributed by atoms with Crippen LogP contribution in [0.2, 0.25) is 0 Å². The van der Waals surface area contributed by atoms with Crippen molar-refractivity contribution in [3.63, 3.8) is 0 Å². The van der Waals surface area contributed by atoms with Crippen LogP contribution in [-0.4, -0.2) is 68.7 Å². The number of rotatable bonds is 7. The van der Waals surface area contributed by atoms with Gasteiger partial charge in [0.15, 0.2) is 10.6 Å². The molecule has 0 bridgehead atoms. The van der Waals surface area contributed by atoms with Gasteiger partial charge in [0.1, 0.15) is 12.3 Å². The molecule has 0 radical (unpaired) electrons. The fraction of sp³-hybridized carbons (Fsp3) is 0.429. The maximum atomic E-state index is 13.0. The number of carbonyl (C=O) groups is 1. The third-order valence-corrected chi connectivity index (χ3v) is 6.77. The second-order valence-corrected chi connectivity index (χ2v) is 8.74. The van der Waals surface area contributed by atoms with Crippen molar-refractivity contribution in [1.82, 2.24) is 29.5 Å². The molecule has 10 heteroatoms. The van der Waals surface area contributed by atoms with E-state index < -0.39 is 0 Å². The number of hydrogen-bond donors (Lipinski definition) is 1. The first-order valence-corrected chi connectivity index (χ1v) is 11.6. The molecule has 0 unspecified atom stereocenters. The first-order valence-electron chi connectivity index (χ1n) is 10.3. The molecule has 0 spiro atoms. The summed E-state index contributed by atoms with van der Waals surface area (Å²) < 4.78 is 7.41. The lowest BCUT2D eigenvalue weighted by molar-refractivity contribution is -0.133. The van der Waals surface area contributed by atoms with E-state index in [0.29, 0.717) is 23.7 Å². The van der Waals surface area contributed by atoms with Gasteiger partial charge in [-0.05, 0) is 42.9 Å². The quantitative estimate of drug-likeness (QED) is 0.549. The molecule has 164 valence electrons. The van der Waals surface area contributed by atoms with E-state index in [9.17, 15) is 4.79 Å². The van der Waals surface area contributed by atoms with E-state index >= 15 is 0 Å². The molecular weight excluding hydrogens is 432 g/mol. The van der Waals surface area contributed by atoms with Crippen molar-refractivity contribution in [2.45, 2.75) is 26.4 Å². The van der Waals surface area contributed by atoms with Crippen molar-refractivity contribution < 1.29 is 9.53 Å². The fourth-order valence-corrected chi connectivity index (χ4v) is 4.56. The van der Waals surface area contributed by atoms with Crippen LogP contribution in [0.3, 0.4) is 0 Å². The highest BCUT2D eigenvalue weighted by atomic mass is 32.1. The molecule has 1 aliphatic heterocycles. The average molecular weight is 459 g/mol. The number of hydrogen-bond acceptors (Lipinski definition) is 7. The number of aromatic amines is 1. The van der Waals surface area contributed by atoms with Gasteiger partial charge < -0.3 is 9.64 Å². The molecule has 1 amide bonds. The van der Waals surface area contributed by atoms with E-state index in [1.165, 1.54) is 5.01 Å². The summed E-state index contributed by atoms with van der Waals surface area (Å²) in [5.74, 6) is 1.46. The van der Waals surface area contributed by atoms with Crippen LogP contribution in [0.4, 0.5) is 0 Å². The lowest BCUT2D eigenvalue weighted by Crippen LogP contribution is -2.49. The van der Waals surface area contributed by atoms with E-state index in [4.69, 9.17) is 17.0 Å². The summed E-state index contributed by atoms with van der Waals surface area (Å²) in [6.45, 7) is 6.22. The monoisotopic (exact) mass is 458 g/mol. The maximum absolute atomic E-state index is 13.0. The topological polar surface area (TPSA) is 79.3 Å². The average Bonchev–Trinajstić information content (AvgIpc) is 3.41. The predicted octanol–water partition coefficient (Wildman–Crippen LogP) is 2.98. The summed E-state index contributed by atoms with van der Waals surface area (Å²) in [4.78, 5) is 21.9. The number of aryl methyl sites for hydroxylation is 1. The van der Waals surface area contributed by atoms with Crippen LogP contribution in [0.5, 0.6) is 5.75 Å². The molecule has 1 aliphatic rings. The predicted molar refractivity (Wildman–Crippen MR) is 123 cm³/mol. The number of piperazine rings is 1. The van der Waals surface area contributed by atoms with Gasteiger partial charge in [-0.3, -0.25) is 19.4 Å². The molecule has 1 N–H and O–H groups in total. The zero-order valence-electron chi connectivity index (χ0n) is 17.7. The molecule has 2 aromatic heterocycles. The van der Waals surface area contributed by atoms with Gasteiger partial charge in [-0.2, -0.15) is 5.10 Å². The summed E-state index contributed by atoms with van der Waals surface area (Å²) in [6.07, 6.45) is 0.974. The molecule has 4 rings (SSSR count). The number of nitrogens with one attached hydrogen (secondary N) is 1. The Morgan fingerprint density at radius 2 is 1.97 bits per heavy atom. The highest BCUT2D eigenvalue weighted by Crippen LogP contribution is 2.21. The van der Waals surface area contributed by atoms with Crippen LogP contribution in [0.15, 0.2) is 29.6 Å². The third-order valence-electron chi connectivity index (χ3n) is 5.41. The van der Waals surface area contributed by atoms with Gasteiger partial charge in [-0.15, -0.1) is 11.3 Å². The number of carbonyl (C=O) groups excluding carboxylic acids is 1. The Balaban J connectivity index is 1.37. The number of ether oxygens (including phenoxy) is 1. The molecule has 1 saturated heterocycles. The molecule has 31 heavy (non-hydrogen) atoms. The molecule has 1 fully saturated rings. The zero-order valence-corrected chi connectivity index (χ0v) is 19.3. The molecular formula is C21H26N6O2S2. The van der Waals surface area contributed by atoms with E-state index in [1.54, 1.807) is 23.0 Å². The van der Waals surface area contributed by atoms with Gasteiger partial charge in [0.25, 0.3) is 0 Å². The second kappa shape index (κ2) is 9.71. The van der Waals surface area contributed by atoms with E-state index in [1.807, 2.05) is 29.2 Å². The summed E-state index contributed by atoms with van der Waals surface area (Å²) in [5, 5.41) is 10.5. The molecule has 3 aromatic rings. The Kier molecular flexibility index (Phi) is 6.79. The second-order valence-electron chi connectivity index (χ2n) is 7.41. The van der Waals surface area contributed by atoms with Gasteiger partial charge in [-0.1, -0.05) is 6.92 Å². The van der Waals surface area contributed by atoms with Crippen LogP contribution < -0.4 is 4.74 Å². The van der Waals surface area contributed by atoms with Gasteiger partial charge >= 0.3 is 0 Å². The molecule has 1 aromatic carbocycles. The van der Waals surface area contributed by atoms with Gasteiger partial charge in [0.05, 0.1) is 17.8 Å². The molecule has 0 atom stereocenters. The van der Waals surface area contributed by atoms with Crippen molar-refractivity contribution in [3.8, 4) is 17.1 Å². The summed E-state index contributed by atoms with van der Waals surface area (Å²) in [6, 6.07) is 7.55. The van der Waals surface area contributed by atoms with Crippen LogP contribution in [0.25, 0.3) is 11.4 Å². The van der Waals surface area contributed by atoms with Crippen molar-refractivity contribution >= 4 is 29.5 Å². The number of thiazole rings is 1. The number of methoxy groups -OCH3 is 1. The number of aromatic nitrogens is 4. The SMILES string of the molecule is CCc1nc(CN2CCN(C(=O)Cn3c(-c4ccc(OC)cc4)n[nH]c3=S)CC2)cs1. The summed E-state index contributed by atoms with van der Waals surface area (Å²) in [5.41, 5.74) is 2.00. The lowest BCUT2D eigenvalue weighted by Gasteiger charge is -2.34. The lowest BCUT2D eigenvalue weighted by atomic mass is 10.2. The Bertz CT molecular complexity index is 1080. The van der Waals surface area contributed by atoms with Gasteiger partial charge in [-0.25, -0.2) is 4.98 Å². The Morgan fingerprint density at radius 1 is 1.23 bits per heavy atom. The standard InChI is InChI=1S/C21H26N6O2S2/c1-3-18-22-16(14-31-18)12-25-8-10-26(11-9-25)19(28)13-27-20(23-24-21(27)30)15-4-6-17(29-2)7-5-15/h4-7,14H,3,8-13H2,1-2H3,(H,24,30). The number of H-pyrrole nitrogens is 1. The maximum Gasteiger partial charge on any atom is 0.242 e. The molecule has 3 heterocycles. The smallest absolute Gasteiger partial charge is 0.242 e. The van der Waals surface area contributed by atoms with Gasteiger partial charge in [0, 0.05) is 43.7 Å². The van der Waals surface area contributed by atoms with Crippen LogP contribution in [0.1, 0.15) is 17.6 Å². The van der Waals surface area contributed by atoms with Crippen LogP contribution in [0, 0.1) is 4.77 Å². The van der Waals surface area contributed by atoms with Crippen LogP contribution >= 0.6 is 23.6 Å². The number of amides is 1. The highest BCUT2D eigenvalue weighted by Gasteiger charge is 2.23. The van der Waals surface area contributed by atoms with Crippen molar-refractivity contribution in [3.05, 3.63) is 45.1 Å². The minimum Gasteiger partial charge on any atom is -0.497 e. The first-order chi connectivity index (χ1) is 15.1. The molecule has 0 aliphatic carbocycles. The van der Waals surface area contributed by atoms with Crippen molar-refractivity contribution in [1.29, 1.82) is 0 Å². The first kappa shape index (κ1) is 21.7. The number of benzene rings is 1. The van der Waals surface area contributed by atoms with Crippen molar-refractivity contribution in [2.24, 2.45) is 0 Å². The Hall–Kier alpha value is -2.56. The number of nitrogens with zero attached hydrogens (tertiary/aromatic N) is 5. The fourth-order valence-electron chi connectivity index (χ4n) is 3.63. The minimum absolute atomic E-state index is 0.0499. The van der Waals surface area contributed by atoms with E-state index in [-0.39, 0.29) is 12.5 Å². The van der Waals surface area contributed by atoms with Gasteiger partial charge in [0.2, 0.25) is 5.91 Å². The third kappa shape index (κ3) is 5.03. The van der Waals surface area contributed by atoms with Crippen LogP contribution in [-0.2, 0) is 24.3 Å².